The Morgan fingerprint density at radius 3 is 2.07 bits per heavy atom. The molecule has 10 N–H and O–H groups in total. The molecule has 2 fully saturated rings. The minimum atomic E-state index is -1.92. The van der Waals surface area contributed by atoms with Crippen LogP contribution in [0.3, 0.4) is 0 Å². The lowest BCUT2D eigenvalue weighted by atomic mass is 9.89. The van der Waals surface area contributed by atoms with Crippen LogP contribution in [-0.4, -0.2) is 119 Å². The van der Waals surface area contributed by atoms with E-state index in [2.05, 4.69) is 0 Å². The highest BCUT2D eigenvalue weighted by Gasteiger charge is 2.48. The third kappa shape index (κ3) is 5.31. The third-order valence-corrected chi connectivity index (χ3v) is 7.43. The summed E-state index contributed by atoms with van der Waals surface area (Å²) in [4.78, 5) is 13.0. The van der Waals surface area contributed by atoms with E-state index in [1.54, 1.807) is 0 Å². The van der Waals surface area contributed by atoms with Crippen LogP contribution in [0.25, 0.3) is 22.3 Å². The maximum absolute atomic E-state index is 13.0. The Kier molecular flexibility index (Phi) is 8.41. The fourth-order valence-corrected chi connectivity index (χ4v) is 5.07. The summed E-state index contributed by atoms with van der Waals surface area (Å²) in [5, 5.41) is 102. The number of ether oxygens (including phenoxy) is 3. The molecule has 0 bridgehead atoms. The van der Waals surface area contributed by atoms with Gasteiger partial charge >= 0.3 is 0 Å². The van der Waals surface area contributed by atoms with Gasteiger partial charge in [-0.15, -0.1) is 0 Å². The molecule has 2 aliphatic rings. The van der Waals surface area contributed by atoms with E-state index in [1.807, 2.05) is 0 Å². The van der Waals surface area contributed by atoms with Gasteiger partial charge in [0.1, 0.15) is 88.9 Å². The average molecular weight is 595 g/mol. The first-order chi connectivity index (χ1) is 19.9. The van der Waals surface area contributed by atoms with Crippen molar-refractivity contribution in [3.63, 3.8) is 0 Å². The minimum absolute atomic E-state index is 0.0166. The van der Waals surface area contributed by atoms with E-state index in [0.717, 1.165) is 12.1 Å². The minimum Gasteiger partial charge on any atom is -0.508 e. The van der Waals surface area contributed by atoms with Crippen molar-refractivity contribution in [2.24, 2.45) is 0 Å². The van der Waals surface area contributed by atoms with Gasteiger partial charge in [-0.2, -0.15) is 0 Å². The molecule has 42 heavy (non-hydrogen) atoms. The van der Waals surface area contributed by atoms with E-state index in [0.29, 0.717) is 5.56 Å². The zero-order valence-corrected chi connectivity index (χ0v) is 21.7. The van der Waals surface area contributed by atoms with Crippen molar-refractivity contribution in [3.05, 3.63) is 52.2 Å². The van der Waals surface area contributed by atoms with E-state index in [-0.39, 0.29) is 22.5 Å². The predicted molar refractivity (Wildman–Crippen MR) is 138 cm³/mol. The van der Waals surface area contributed by atoms with E-state index in [4.69, 9.17) is 18.6 Å². The molecule has 3 heterocycles. The van der Waals surface area contributed by atoms with Gasteiger partial charge in [0, 0.05) is 17.7 Å². The Morgan fingerprint density at radius 1 is 0.762 bits per heavy atom. The van der Waals surface area contributed by atoms with Gasteiger partial charge in [-0.1, -0.05) is 0 Å². The van der Waals surface area contributed by atoms with Crippen molar-refractivity contribution < 1.29 is 69.7 Å². The number of benzene rings is 2. The van der Waals surface area contributed by atoms with Crippen molar-refractivity contribution >= 4 is 11.0 Å². The molecule has 1 aromatic heterocycles. The molecule has 228 valence electrons. The van der Waals surface area contributed by atoms with Gasteiger partial charge in [-0.05, 0) is 24.3 Å². The zero-order chi connectivity index (χ0) is 30.5. The monoisotopic (exact) mass is 594 g/mol. The van der Waals surface area contributed by atoms with Crippen LogP contribution in [0.5, 0.6) is 17.2 Å². The van der Waals surface area contributed by atoms with Crippen LogP contribution >= 0.6 is 0 Å². The van der Waals surface area contributed by atoms with E-state index >= 15 is 0 Å². The second kappa shape index (κ2) is 11.7. The largest absolute Gasteiger partial charge is 0.508 e. The number of aromatic hydroxyl groups is 3. The van der Waals surface area contributed by atoms with Crippen LogP contribution in [0.15, 0.2) is 45.6 Å². The lowest BCUT2D eigenvalue weighted by Gasteiger charge is -2.43. The van der Waals surface area contributed by atoms with Crippen LogP contribution in [0.2, 0.25) is 0 Å². The summed E-state index contributed by atoms with van der Waals surface area (Å²) < 4.78 is 22.0. The lowest BCUT2D eigenvalue weighted by molar-refractivity contribution is -0.314. The molecule has 15 nitrogen and oxygen atoms in total. The molecule has 3 aromatic rings. The number of rotatable bonds is 6. The fraction of sp³-hybridized carbons (Fsp3) is 0.444. The molecule has 5 rings (SSSR count). The van der Waals surface area contributed by atoms with Crippen LogP contribution < -0.4 is 5.43 Å². The summed E-state index contributed by atoms with van der Waals surface area (Å²) in [7, 11) is 0. The second-order valence-electron chi connectivity index (χ2n) is 10.2. The summed E-state index contributed by atoms with van der Waals surface area (Å²) in [6.07, 6.45) is -16.8. The molecular weight excluding hydrogens is 564 g/mol. The highest BCUT2D eigenvalue weighted by Crippen LogP contribution is 2.45. The SMILES string of the molecule is O=c1cc(-c2ccc(O)cc2)oc2cc(O)c([C@@H]3OC(CO[C@@H]4OC(CO)[C@@H](O)[C@H](O)C4O)[C@@H](O)[C@H](O)C3O)c(O)c12. The van der Waals surface area contributed by atoms with Gasteiger partial charge in [0.2, 0.25) is 0 Å². The summed E-state index contributed by atoms with van der Waals surface area (Å²) in [6, 6.07) is 7.79. The number of hydrogen-bond donors (Lipinski definition) is 10. The van der Waals surface area contributed by atoms with Crippen molar-refractivity contribution in [2.45, 2.75) is 61.2 Å². The molecule has 0 aliphatic carbocycles. The predicted octanol–water partition coefficient (Wildman–Crippen LogP) is -2.08. The third-order valence-electron chi connectivity index (χ3n) is 7.43. The molecule has 10 atom stereocenters. The zero-order valence-electron chi connectivity index (χ0n) is 21.7. The first kappa shape index (κ1) is 30.1. The molecule has 4 unspecified atom stereocenters. The standard InChI is InChI=1S/C27H30O15/c28-7-15-19(32)23(36)25(38)27(42-15)39-8-16-20(33)22(35)24(37)26(41-16)18-12(31)6-14-17(21(18)34)11(30)5-13(40-14)9-1-3-10(29)4-2-9/h1-6,15-16,19-20,22-29,31-38H,7-8H2/t15?,16?,19-,20-,22+,23+,24?,25?,26+,27-/m1/s1. The number of aliphatic hydroxyl groups is 7. The van der Waals surface area contributed by atoms with E-state index in [9.17, 15) is 55.9 Å². The smallest absolute Gasteiger partial charge is 0.197 e. The molecule has 15 heteroatoms. The highest BCUT2D eigenvalue weighted by molar-refractivity contribution is 5.88. The Balaban J connectivity index is 1.43. The Morgan fingerprint density at radius 2 is 1.40 bits per heavy atom. The quantitative estimate of drug-likeness (QED) is 0.147. The second-order valence-corrected chi connectivity index (χ2v) is 10.2. The Labute approximate surface area is 236 Å². The highest BCUT2D eigenvalue weighted by atomic mass is 16.7. The summed E-state index contributed by atoms with van der Waals surface area (Å²) in [5.74, 6) is -1.46. The van der Waals surface area contributed by atoms with Gasteiger partial charge in [0.25, 0.3) is 0 Å². The lowest BCUT2D eigenvalue weighted by Crippen LogP contribution is -2.60. The van der Waals surface area contributed by atoms with Gasteiger partial charge in [0.05, 0.1) is 18.8 Å². The van der Waals surface area contributed by atoms with Gasteiger partial charge in [-0.25, -0.2) is 0 Å². The summed E-state index contributed by atoms with van der Waals surface area (Å²) in [6.45, 7) is -1.36. The van der Waals surface area contributed by atoms with Gasteiger partial charge in [0.15, 0.2) is 11.7 Å². The first-order valence-corrected chi connectivity index (χ1v) is 12.9. The van der Waals surface area contributed by atoms with Crippen molar-refractivity contribution in [2.75, 3.05) is 13.2 Å². The summed E-state index contributed by atoms with van der Waals surface area (Å²) >= 11 is 0. The fourth-order valence-electron chi connectivity index (χ4n) is 5.07. The maximum atomic E-state index is 13.0. The van der Waals surface area contributed by atoms with E-state index in [1.165, 1.54) is 24.3 Å². The Bertz CT molecular complexity index is 1470. The molecule has 0 spiro atoms. The number of phenols is 3. The molecule has 0 radical (unpaired) electrons. The van der Waals surface area contributed by atoms with E-state index < -0.39 is 96.9 Å². The number of fused-ring (bicyclic) bond motifs is 1. The van der Waals surface area contributed by atoms with Crippen molar-refractivity contribution in [3.8, 4) is 28.6 Å². The number of aliphatic hydroxyl groups excluding tert-OH is 7. The molecular formula is C27H30O15. The van der Waals surface area contributed by atoms with Crippen LogP contribution in [-0.2, 0) is 14.2 Å². The van der Waals surface area contributed by atoms with Crippen LogP contribution in [0.1, 0.15) is 11.7 Å². The van der Waals surface area contributed by atoms with Crippen molar-refractivity contribution in [1.82, 2.24) is 0 Å². The van der Waals surface area contributed by atoms with Crippen LogP contribution in [0.4, 0.5) is 0 Å². The summed E-state index contributed by atoms with van der Waals surface area (Å²) in [5.41, 5.74) is -1.03. The van der Waals surface area contributed by atoms with Crippen LogP contribution in [0, 0.1) is 0 Å². The molecule has 2 aliphatic heterocycles. The molecule has 2 aromatic carbocycles. The number of hydrogen-bond acceptors (Lipinski definition) is 15. The normalized spacial score (nSPS) is 33.6. The molecule has 0 saturated carbocycles. The Hall–Kier alpha value is -3.35. The topological polar surface area (TPSA) is 260 Å². The number of phenolic OH excluding ortho intramolecular Hbond substituents is 3. The van der Waals surface area contributed by atoms with Gasteiger partial charge in [-0.3, -0.25) is 4.79 Å². The molecule has 2 saturated heterocycles. The average Bonchev–Trinajstić information content (AvgIpc) is 2.96. The van der Waals surface area contributed by atoms with Crippen molar-refractivity contribution in [1.29, 1.82) is 0 Å². The van der Waals surface area contributed by atoms with Gasteiger partial charge < -0.3 is 69.7 Å². The molecule has 0 amide bonds. The first-order valence-electron chi connectivity index (χ1n) is 12.9. The maximum Gasteiger partial charge on any atom is 0.197 e.